The highest BCUT2D eigenvalue weighted by molar-refractivity contribution is 6.05. The van der Waals surface area contributed by atoms with Gasteiger partial charge in [0.1, 0.15) is 11.5 Å². The number of ketones is 1. The molecule has 0 bridgehead atoms. The lowest BCUT2D eigenvalue weighted by molar-refractivity contribution is 0.0987. The predicted molar refractivity (Wildman–Crippen MR) is 148 cm³/mol. The van der Waals surface area contributed by atoms with Crippen molar-refractivity contribution in [2.45, 2.75) is 25.4 Å². The van der Waals surface area contributed by atoms with Crippen molar-refractivity contribution in [1.29, 1.82) is 0 Å². The number of β-amino-alcohol motifs (C(OH)–C–C–N with tert-alkyl or cyclic N) is 1. The maximum Gasteiger partial charge on any atom is 0.255 e. The zero-order valence-corrected chi connectivity index (χ0v) is 21.2. The van der Waals surface area contributed by atoms with Crippen LogP contribution in [0.3, 0.4) is 0 Å². The van der Waals surface area contributed by atoms with E-state index in [0.29, 0.717) is 17.8 Å². The van der Waals surface area contributed by atoms with E-state index in [0.717, 1.165) is 25.1 Å². The number of rotatable bonds is 7. The van der Waals surface area contributed by atoms with Crippen LogP contribution in [-0.2, 0) is 6.42 Å². The highest BCUT2D eigenvalue weighted by Gasteiger charge is 2.23. The van der Waals surface area contributed by atoms with Gasteiger partial charge in [-0.15, -0.1) is 0 Å². The number of para-hydroxylation sites is 1. The van der Waals surface area contributed by atoms with Gasteiger partial charge in [-0.2, -0.15) is 0 Å². The van der Waals surface area contributed by atoms with Gasteiger partial charge in [0.25, 0.3) is 5.91 Å². The number of hydrogen-bond donors (Lipinski definition) is 3. The third kappa shape index (κ3) is 5.94. The first kappa shape index (κ1) is 26.0. The molecule has 4 N–H and O–H groups in total. The van der Waals surface area contributed by atoms with Crippen LogP contribution in [0.15, 0.2) is 79.1 Å². The molecule has 0 spiro atoms. The number of aliphatic hydroxyl groups excluding tert-OH is 1. The maximum absolute atomic E-state index is 14.9. The Morgan fingerprint density at radius 3 is 2.72 bits per heavy atom. The van der Waals surface area contributed by atoms with Gasteiger partial charge in [0.15, 0.2) is 5.78 Å². The van der Waals surface area contributed by atoms with Crippen LogP contribution in [-0.4, -0.2) is 46.0 Å². The Morgan fingerprint density at radius 2 is 1.92 bits per heavy atom. The Morgan fingerprint density at radius 1 is 1.10 bits per heavy atom. The number of carbonyl (C=O) groups excluding carboxylic acids is 2. The van der Waals surface area contributed by atoms with E-state index < -0.39 is 17.8 Å². The molecule has 9 heteroatoms. The van der Waals surface area contributed by atoms with Gasteiger partial charge in [0, 0.05) is 60.0 Å². The average Bonchev–Trinajstić information content (AvgIpc) is 2.94. The summed E-state index contributed by atoms with van der Waals surface area (Å²) in [6.07, 6.45) is 4.43. The van der Waals surface area contributed by atoms with Crippen molar-refractivity contribution in [2.75, 3.05) is 29.0 Å². The summed E-state index contributed by atoms with van der Waals surface area (Å²) in [4.78, 5) is 36.8. The number of carbonyl (C=O) groups is 2. The molecule has 4 aromatic rings. The summed E-state index contributed by atoms with van der Waals surface area (Å²) >= 11 is 0. The maximum atomic E-state index is 14.9. The molecular formula is C30H28FN5O3. The standard InChI is InChI=1S/C30H28FN5O3/c31-24-9-8-19(30(39)34-21-5-2-1-3-6-21)15-23(24)26-11-10-25(32)29(35-26)28(38)16-20-17-33-13-12-27(20)36-14-4-7-22(37)18-36/h1-3,5-6,8-13,15,17,22,37H,4,7,14,16,18,32H2,(H,34,39). The molecular weight excluding hydrogens is 497 g/mol. The number of benzene rings is 2. The number of nitrogens with two attached hydrogens (primary N) is 1. The SMILES string of the molecule is Nc1ccc(-c2cc(C(=O)Nc3ccccc3)ccc2F)nc1C(=O)Cc1cnccc1N1CCCC(O)C1. The molecule has 39 heavy (non-hydrogen) atoms. The Balaban J connectivity index is 1.40. The van der Waals surface area contributed by atoms with Crippen LogP contribution >= 0.6 is 0 Å². The van der Waals surface area contributed by atoms with Gasteiger partial charge in [-0.25, -0.2) is 9.37 Å². The number of nitrogens with one attached hydrogen (secondary N) is 1. The second kappa shape index (κ2) is 11.4. The van der Waals surface area contributed by atoms with Crippen LogP contribution in [0.2, 0.25) is 0 Å². The van der Waals surface area contributed by atoms with E-state index in [9.17, 15) is 19.1 Å². The molecule has 1 fully saturated rings. The second-order valence-corrected chi connectivity index (χ2v) is 9.50. The first-order valence-corrected chi connectivity index (χ1v) is 12.7. The topological polar surface area (TPSA) is 121 Å². The van der Waals surface area contributed by atoms with Gasteiger partial charge in [0.2, 0.25) is 0 Å². The zero-order valence-electron chi connectivity index (χ0n) is 21.2. The van der Waals surface area contributed by atoms with E-state index in [1.165, 1.54) is 30.3 Å². The number of aliphatic hydroxyl groups is 1. The molecule has 0 radical (unpaired) electrons. The number of aromatic nitrogens is 2. The minimum atomic E-state index is -0.583. The molecule has 1 saturated heterocycles. The number of nitrogens with zero attached hydrogens (tertiary/aromatic N) is 3. The van der Waals surface area contributed by atoms with E-state index in [2.05, 4.69) is 15.3 Å². The molecule has 0 aliphatic carbocycles. The molecule has 1 unspecified atom stereocenters. The lowest BCUT2D eigenvalue weighted by Gasteiger charge is -2.33. The molecule has 0 saturated carbocycles. The number of hydrogen-bond acceptors (Lipinski definition) is 7. The number of piperidine rings is 1. The number of Topliss-reactive ketones (excluding diaryl/α,β-unsaturated/α-hetero) is 1. The normalized spacial score (nSPS) is 15.1. The molecule has 1 atom stereocenters. The summed E-state index contributed by atoms with van der Waals surface area (Å²) in [6.45, 7) is 1.25. The summed E-state index contributed by atoms with van der Waals surface area (Å²) in [6, 6.07) is 17.8. The number of nitrogen functional groups attached to an aromatic ring is 1. The van der Waals surface area contributed by atoms with E-state index in [4.69, 9.17) is 5.73 Å². The quantitative estimate of drug-likeness (QED) is 0.304. The van der Waals surface area contributed by atoms with Crippen molar-refractivity contribution in [2.24, 2.45) is 0 Å². The highest BCUT2D eigenvalue weighted by atomic mass is 19.1. The summed E-state index contributed by atoms with van der Waals surface area (Å²) in [5.74, 6) is -1.33. The minimum Gasteiger partial charge on any atom is -0.397 e. The molecule has 3 heterocycles. The zero-order chi connectivity index (χ0) is 27.4. The highest BCUT2D eigenvalue weighted by Crippen LogP contribution is 2.28. The van der Waals surface area contributed by atoms with Crippen molar-refractivity contribution in [3.05, 3.63) is 102 Å². The van der Waals surface area contributed by atoms with Gasteiger partial charge in [-0.1, -0.05) is 18.2 Å². The smallest absolute Gasteiger partial charge is 0.255 e. The lowest BCUT2D eigenvalue weighted by Crippen LogP contribution is -2.38. The number of pyridine rings is 2. The summed E-state index contributed by atoms with van der Waals surface area (Å²) in [5, 5.41) is 12.9. The van der Waals surface area contributed by atoms with E-state index in [-0.39, 0.29) is 40.4 Å². The number of anilines is 3. The van der Waals surface area contributed by atoms with E-state index >= 15 is 0 Å². The largest absolute Gasteiger partial charge is 0.397 e. The van der Waals surface area contributed by atoms with Crippen molar-refractivity contribution in [1.82, 2.24) is 9.97 Å². The van der Waals surface area contributed by atoms with E-state index in [1.807, 2.05) is 17.0 Å². The first-order valence-electron chi connectivity index (χ1n) is 12.7. The average molecular weight is 526 g/mol. The van der Waals surface area contributed by atoms with Crippen LogP contribution < -0.4 is 16.0 Å². The van der Waals surface area contributed by atoms with Crippen LogP contribution in [0.25, 0.3) is 11.3 Å². The summed E-state index contributed by atoms with van der Waals surface area (Å²) < 4.78 is 14.9. The molecule has 1 aliphatic rings. The molecule has 2 aromatic heterocycles. The third-order valence-corrected chi connectivity index (χ3v) is 6.69. The van der Waals surface area contributed by atoms with Crippen LogP contribution in [0.4, 0.5) is 21.5 Å². The second-order valence-electron chi connectivity index (χ2n) is 9.50. The van der Waals surface area contributed by atoms with E-state index in [1.54, 1.807) is 36.7 Å². The van der Waals surface area contributed by atoms with Gasteiger partial charge < -0.3 is 21.1 Å². The number of halogens is 1. The first-order chi connectivity index (χ1) is 18.9. The van der Waals surface area contributed by atoms with Crippen LogP contribution in [0.5, 0.6) is 0 Å². The monoisotopic (exact) mass is 525 g/mol. The van der Waals surface area contributed by atoms with Crippen molar-refractivity contribution in [3.63, 3.8) is 0 Å². The fourth-order valence-electron chi connectivity index (χ4n) is 4.73. The van der Waals surface area contributed by atoms with Gasteiger partial charge in [-0.3, -0.25) is 14.6 Å². The molecule has 1 aliphatic heterocycles. The predicted octanol–water partition coefficient (Wildman–Crippen LogP) is 4.50. The fourth-order valence-corrected chi connectivity index (χ4v) is 4.73. The lowest BCUT2D eigenvalue weighted by atomic mass is 10.0. The Bertz CT molecular complexity index is 1510. The molecule has 1 amide bonds. The van der Waals surface area contributed by atoms with Crippen LogP contribution in [0, 0.1) is 5.82 Å². The molecule has 5 rings (SSSR count). The molecule has 8 nitrogen and oxygen atoms in total. The fraction of sp³-hybridized carbons (Fsp3) is 0.200. The Labute approximate surface area is 225 Å². The van der Waals surface area contributed by atoms with Crippen LogP contribution in [0.1, 0.15) is 39.3 Å². The van der Waals surface area contributed by atoms with Crippen molar-refractivity contribution < 1.29 is 19.1 Å². The summed E-state index contributed by atoms with van der Waals surface area (Å²) in [5.41, 5.74) is 8.94. The van der Waals surface area contributed by atoms with Gasteiger partial charge >= 0.3 is 0 Å². The van der Waals surface area contributed by atoms with Gasteiger partial charge in [-0.05, 0) is 61.4 Å². The Hall–Kier alpha value is -4.63. The molecule has 2 aromatic carbocycles. The minimum absolute atomic E-state index is 0.0134. The molecule has 198 valence electrons. The third-order valence-electron chi connectivity index (χ3n) is 6.69. The summed E-state index contributed by atoms with van der Waals surface area (Å²) in [7, 11) is 0. The van der Waals surface area contributed by atoms with Gasteiger partial charge in [0.05, 0.1) is 17.5 Å². The Kier molecular flexibility index (Phi) is 7.60. The van der Waals surface area contributed by atoms with Crippen molar-refractivity contribution in [3.8, 4) is 11.3 Å². The number of amides is 1. The van der Waals surface area contributed by atoms with Crippen molar-refractivity contribution >= 4 is 28.8 Å².